The topological polar surface area (TPSA) is 49.4 Å². The molecule has 0 aliphatic rings. The first-order chi connectivity index (χ1) is 13.8. The Kier molecular flexibility index (Phi) is 6.52. The number of halogens is 3. The SMILES string of the molecule is CN(C(=O)Cc1ccc(NC(=O)c2cc(F)c(Cl)cc2Cl)cc1)c1ccccc1. The summed E-state index contributed by atoms with van der Waals surface area (Å²) in [6.45, 7) is 0. The Balaban J connectivity index is 1.65. The quantitative estimate of drug-likeness (QED) is 0.536. The maximum absolute atomic E-state index is 13.6. The van der Waals surface area contributed by atoms with Crippen LogP contribution in [-0.4, -0.2) is 18.9 Å². The highest BCUT2D eigenvalue weighted by atomic mass is 35.5. The van der Waals surface area contributed by atoms with Gasteiger partial charge in [-0.25, -0.2) is 4.39 Å². The van der Waals surface area contributed by atoms with E-state index in [1.165, 1.54) is 6.07 Å². The van der Waals surface area contributed by atoms with E-state index in [0.29, 0.717) is 5.69 Å². The van der Waals surface area contributed by atoms with Gasteiger partial charge in [-0.3, -0.25) is 9.59 Å². The van der Waals surface area contributed by atoms with E-state index in [1.54, 1.807) is 36.2 Å². The zero-order chi connectivity index (χ0) is 21.0. The van der Waals surface area contributed by atoms with E-state index in [4.69, 9.17) is 23.2 Å². The van der Waals surface area contributed by atoms with Crippen LogP contribution < -0.4 is 10.2 Å². The Morgan fingerprint density at radius 2 is 1.62 bits per heavy atom. The van der Waals surface area contributed by atoms with Crippen LogP contribution in [0, 0.1) is 5.82 Å². The van der Waals surface area contributed by atoms with Crippen molar-refractivity contribution in [2.24, 2.45) is 0 Å². The number of benzene rings is 3. The third-order valence-electron chi connectivity index (χ3n) is 4.34. The van der Waals surface area contributed by atoms with Crippen LogP contribution in [0.4, 0.5) is 15.8 Å². The molecule has 3 aromatic rings. The van der Waals surface area contributed by atoms with Crippen LogP contribution in [0.5, 0.6) is 0 Å². The van der Waals surface area contributed by atoms with E-state index in [0.717, 1.165) is 17.3 Å². The molecule has 4 nitrogen and oxygen atoms in total. The van der Waals surface area contributed by atoms with Crippen molar-refractivity contribution in [2.75, 3.05) is 17.3 Å². The molecule has 0 aliphatic carbocycles. The zero-order valence-electron chi connectivity index (χ0n) is 15.5. The summed E-state index contributed by atoms with van der Waals surface area (Å²) in [6, 6.07) is 18.4. The minimum Gasteiger partial charge on any atom is -0.322 e. The van der Waals surface area contributed by atoms with Gasteiger partial charge in [-0.05, 0) is 42.0 Å². The minimum absolute atomic E-state index is 0.0164. The van der Waals surface area contributed by atoms with Crippen LogP contribution in [0.2, 0.25) is 10.0 Å². The third-order valence-corrected chi connectivity index (χ3v) is 4.94. The lowest BCUT2D eigenvalue weighted by Crippen LogP contribution is -2.27. The number of amides is 2. The standard InChI is InChI=1S/C22H17Cl2FN2O2/c1-27(16-5-3-2-4-6-16)21(28)11-14-7-9-15(10-8-14)26-22(29)17-12-20(25)19(24)13-18(17)23/h2-10,12-13H,11H2,1H3,(H,26,29). The summed E-state index contributed by atoms with van der Waals surface area (Å²) in [6.07, 6.45) is 0.216. The predicted octanol–water partition coefficient (Wildman–Crippen LogP) is 5.59. The molecule has 0 spiro atoms. The number of nitrogens with one attached hydrogen (secondary N) is 1. The zero-order valence-corrected chi connectivity index (χ0v) is 17.0. The summed E-state index contributed by atoms with van der Waals surface area (Å²) in [5.74, 6) is -1.34. The number of hydrogen-bond donors (Lipinski definition) is 1. The summed E-state index contributed by atoms with van der Waals surface area (Å²) in [5.41, 5.74) is 2.09. The Morgan fingerprint density at radius 3 is 2.28 bits per heavy atom. The first-order valence-electron chi connectivity index (χ1n) is 8.71. The molecule has 0 heterocycles. The largest absolute Gasteiger partial charge is 0.322 e. The van der Waals surface area contributed by atoms with Gasteiger partial charge in [0.2, 0.25) is 5.91 Å². The molecule has 0 radical (unpaired) electrons. The number of carbonyl (C=O) groups excluding carboxylic acids is 2. The van der Waals surface area contributed by atoms with Crippen LogP contribution in [0.15, 0.2) is 66.7 Å². The second kappa shape index (κ2) is 9.07. The Hall–Kier alpha value is -2.89. The van der Waals surface area contributed by atoms with Gasteiger partial charge in [0.25, 0.3) is 5.91 Å². The minimum atomic E-state index is -0.724. The average molecular weight is 431 g/mol. The fourth-order valence-corrected chi connectivity index (χ4v) is 3.16. The van der Waals surface area contributed by atoms with Crippen molar-refractivity contribution in [1.82, 2.24) is 0 Å². The summed E-state index contributed by atoms with van der Waals surface area (Å²) in [5, 5.41) is 2.55. The van der Waals surface area contributed by atoms with E-state index in [2.05, 4.69) is 5.32 Å². The number of hydrogen-bond acceptors (Lipinski definition) is 2. The van der Waals surface area contributed by atoms with Crippen molar-refractivity contribution in [1.29, 1.82) is 0 Å². The van der Waals surface area contributed by atoms with Gasteiger partial charge in [0.05, 0.1) is 22.0 Å². The van der Waals surface area contributed by atoms with Gasteiger partial charge in [-0.2, -0.15) is 0 Å². The maximum Gasteiger partial charge on any atom is 0.257 e. The van der Waals surface area contributed by atoms with Gasteiger partial charge in [-0.15, -0.1) is 0 Å². The number of nitrogens with zero attached hydrogens (tertiary/aromatic N) is 1. The van der Waals surface area contributed by atoms with Crippen LogP contribution in [0.1, 0.15) is 15.9 Å². The van der Waals surface area contributed by atoms with Crippen LogP contribution in [0.25, 0.3) is 0 Å². The Morgan fingerprint density at radius 1 is 0.966 bits per heavy atom. The molecule has 0 aliphatic heterocycles. The lowest BCUT2D eigenvalue weighted by atomic mass is 10.1. The molecule has 148 valence electrons. The fraction of sp³-hybridized carbons (Fsp3) is 0.0909. The normalized spacial score (nSPS) is 10.5. The van der Waals surface area contributed by atoms with Crippen molar-refractivity contribution in [3.8, 4) is 0 Å². The van der Waals surface area contributed by atoms with Gasteiger partial charge >= 0.3 is 0 Å². The maximum atomic E-state index is 13.6. The van der Waals surface area contributed by atoms with Gasteiger partial charge in [0, 0.05) is 18.4 Å². The molecule has 3 rings (SSSR count). The second-order valence-electron chi connectivity index (χ2n) is 6.36. The van der Waals surface area contributed by atoms with E-state index in [9.17, 15) is 14.0 Å². The third kappa shape index (κ3) is 5.13. The summed E-state index contributed by atoms with van der Waals surface area (Å²) in [4.78, 5) is 26.4. The van der Waals surface area contributed by atoms with Gasteiger partial charge in [0.1, 0.15) is 5.82 Å². The molecule has 3 aromatic carbocycles. The summed E-state index contributed by atoms with van der Waals surface area (Å²) in [7, 11) is 1.72. The van der Waals surface area contributed by atoms with Crippen LogP contribution in [-0.2, 0) is 11.2 Å². The number of rotatable bonds is 5. The van der Waals surface area contributed by atoms with Gasteiger partial charge < -0.3 is 10.2 Å². The molecule has 0 saturated carbocycles. The molecule has 0 aromatic heterocycles. The molecule has 0 bridgehead atoms. The first kappa shape index (κ1) is 20.8. The van der Waals surface area contributed by atoms with Crippen molar-refractivity contribution in [2.45, 2.75) is 6.42 Å². The van der Waals surface area contributed by atoms with Crippen molar-refractivity contribution >= 4 is 46.4 Å². The molecule has 0 fully saturated rings. The van der Waals surface area contributed by atoms with E-state index in [1.807, 2.05) is 30.3 Å². The lowest BCUT2D eigenvalue weighted by Gasteiger charge is -2.17. The lowest BCUT2D eigenvalue weighted by molar-refractivity contribution is -0.117. The second-order valence-corrected chi connectivity index (χ2v) is 7.18. The molecule has 0 saturated heterocycles. The number of para-hydroxylation sites is 1. The van der Waals surface area contributed by atoms with Crippen molar-refractivity contribution < 1.29 is 14.0 Å². The summed E-state index contributed by atoms with van der Waals surface area (Å²) < 4.78 is 13.6. The number of likely N-dealkylation sites (N-methyl/N-ethyl adjacent to an activating group) is 1. The van der Waals surface area contributed by atoms with E-state index >= 15 is 0 Å². The molecule has 7 heteroatoms. The van der Waals surface area contributed by atoms with E-state index < -0.39 is 11.7 Å². The molecule has 29 heavy (non-hydrogen) atoms. The van der Waals surface area contributed by atoms with E-state index in [-0.39, 0.29) is 27.9 Å². The highest BCUT2D eigenvalue weighted by Gasteiger charge is 2.15. The predicted molar refractivity (Wildman–Crippen MR) is 114 cm³/mol. The molecular formula is C22H17Cl2FN2O2. The molecular weight excluding hydrogens is 414 g/mol. The monoisotopic (exact) mass is 430 g/mol. The van der Waals surface area contributed by atoms with Gasteiger partial charge in [-0.1, -0.05) is 53.5 Å². The smallest absolute Gasteiger partial charge is 0.257 e. The first-order valence-corrected chi connectivity index (χ1v) is 9.47. The Labute approximate surface area is 177 Å². The van der Waals surface area contributed by atoms with Crippen LogP contribution >= 0.6 is 23.2 Å². The van der Waals surface area contributed by atoms with Crippen LogP contribution in [0.3, 0.4) is 0 Å². The highest BCUT2D eigenvalue weighted by Crippen LogP contribution is 2.25. The fourth-order valence-electron chi connectivity index (χ4n) is 2.69. The molecule has 1 N–H and O–H groups in total. The molecule has 2 amide bonds. The average Bonchev–Trinajstić information content (AvgIpc) is 2.72. The van der Waals surface area contributed by atoms with Crippen molar-refractivity contribution in [3.05, 3.63) is 93.7 Å². The number of anilines is 2. The summed E-state index contributed by atoms with van der Waals surface area (Å²) >= 11 is 11.6. The highest BCUT2D eigenvalue weighted by molar-refractivity contribution is 6.37. The Bertz CT molecular complexity index is 1040. The van der Waals surface area contributed by atoms with Crippen molar-refractivity contribution in [3.63, 3.8) is 0 Å². The van der Waals surface area contributed by atoms with Gasteiger partial charge in [0.15, 0.2) is 0 Å². The molecule has 0 atom stereocenters. The molecule has 0 unspecified atom stereocenters. The number of carbonyl (C=O) groups is 2.